The molecule has 4 rings (SSSR count). The summed E-state index contributed by atoms with van der Waals surface area (Å²) in [5.74, 6) is -0.350. The van der Waals surface area contributed by atoms with Crippen LogP contribution in [0.1, 0.15) is 28.4 Å². The van der Waals surface area contributed by atoms with Gasteiger partial charge in [-0.1, -0.05) is 17.7 Å². The first-order valence-corrected chi connectivity index (χ1v) is 9.45. The Morgan fingerprint density at radius 1 is 1.43 bits per heavy atom. The van der Waals surface area contributed by atoms with Gasteiger partial charge in [-0.3, -0.25) is 5.41 Å². The molecule has 6 nitrogen and oxygen atoms in total. The second kappa shape index (κ2) is 8.32. The third kappa shape index (κ3) is 4.09. The quantitative estimate of drug-likeness (QED) is 0.332. The number of nitrogens with zero attached hydrogens (tertiary/aromatic N) is 1. The van der Waals surface area contributed by atoms with E-state index in [1.165, 1.54) is 12.1 Å². The Balaban J connectivity index is 1.62. The fourth-order valence-corrected chi connectivity index (χ4v) is 3.51. The number of ether oxygens (including phenoxy) is 1. The normalized spacial score (nSPS) is 15.3. The number of nitrogens with one attached hydrogen (secondary N) is 1. The zero-order valence-electron chi connectivity index (χ0n) is 15.7. The average molecular weight is 424 g/mol. The van der Waals surface area contributed by atoms with Crippen LogP contribution in [-0.4, -0.2) is 23.0 Å². The van der Waals surface area contributed by atoms with Crippen molar-refractivity contribution in [1.29, 1.82) is 5.41 Å². The Bertz CT molecular complexity index is 1100. The van der Waals surface area contributed by atoms with Gasteiger partial charge in [-0.05, 0) is 53.0 Å². The number of fused-ring (bicyclic) bond motifs is 1. The molecule has 3 aromatic rings. The van der Waals surface area contributed by atoms with Crippen LogP contribution in [0.5, 0.6) is 5.75 Å². The number of halogens is 2. The lowest BCUT2D eigenvalue weighted by Crippen LogP contribution is -2.42. The van der Waals surface area contributed by atoms with Gasteiger partial charge in [0.25, 0.3) is 0 Å². The molecule has 30 heavy (non-hydrogen) atoms. The van der Waals surface area contributed by atoms with Crippen molar-refractivity contribution in [2.45, 2.75) is 19.1 Å². The second-order valence-electron chi connectivity index (χ2n) is 6.84. The molecular formula is C21H16BClFN3O3. The van der Waals surface area contributed by atoms with Gasteiger partial charge in [0, 0.05) is 24.4 Å². The average Bonchev–Trinajstić information content (AvgIpc) is 2.74. The van der Waals surface area contributed by atoms with E-state index in [-0.39, 0.29) is 17.5 Å². The smallest absolute Gasteiger partial charge is 0.488 e. The number of benzene rings is 2. The lowest BCUT2D eigenvalue weighted by molar-refractivity contribution is 0.167. The molecule has 1 unspecified atom stereocenters. The largest absolute Gasteiger partial charge is 0.492 e. The summed E-state index contributed by atoms with van der Waals surface area (Å²) in [5, 5.41) is 18.1. The highest BCUT2D eigenvalue weighted by Gasteiger charge is 2.33. The van der Waals surface area contributed by atoms with Gasteiger partial charge in [-0.15, -0.1) is 0 Å². The summed E-state index contributed by atoms with van der Waals surface area (Å²) in [6.45, 7) is 0.202. The number of nitrogens with two attached hydrogens (primary N) is 1. The van der Waals surface area contributed by atoms with Crippen molar-refractivity contribution in [3.05, 3.63) is 88.0 Å². The molecule has 0 bridgehead atoms. The van der Waals surface area contributed by atoms with Crippen LogP contribution in [0.25, 0.3) is 0 Å². The third-order valence-electron chi connectivity index (χ3n) is 4.83. The molecule has 4 N–H and O–H groups in total. The summed E-state index contributed by atoms with van der Waals surface area (Å²) in [7, 11) is -1.29. The topological polar surface area (TPSA) is 101 Å². The van der Waals surface area contributed by atoms with Crippen LogP contribution in [0.2, 0.25) is 5.02 Å². The molecule has 0 aliphatic carbocycles. The maximum absolute atomic E-state index is 13.7. The minimum Gasteiger partial charge on any atom is -0.488 e. The zero-order chi connectivity index (χ0) is 21.3. The van der Waals surface area contributed by atoms with Crippen molar-refractivity contribution in [2.24, 2.45) is 5.73 Å². The Hall–Kier alpha value is -3.12. The molecule has 0 radical (unpaired) electrons. The molecule has 0 spiro atoms. The molecule has 2 aromatic carbocycles. The van der Waals surface area contributed by atoms with Crippen molar-refractivity contribution >= 4 is 30.0 Å². The SMILES string of the molecule is N=C(N)c1ccc(C2Cc3cc(Cl)c(F)cc3B(O)O2)cc1OCc1cc#cnc1. The lowest BCUT2D eigenvalue weighted by Gasteiger charge is -2.28. The van der Waals surface area contributed by atoms with E-state index in [4.69, 9.17) is 32.1 Å². The van der Waals surface area contributed by atoms with E-state index in [0.29, 0.717) is 34.3 Å². The summed E-state index contributed by atoms with van der Waals surface area (Å²) in [5.41, 5.74) is 8.67. The molecule has 0 saturated carbocycles. The molecule has 2 heterocycles. The van der Waals surface area contributed by atoms with Gasteiger partial charge >= 0.3 is 7.12 Å². The number of aromatic nitrogens is 1. The maximum atomic E-state index is 13.7. The van der Waals surface area contributed by atoms with Crippen molar-refractivity contribution in [1.82, 2.24) is 4.98 Å². The predicted molar refractivity (Wildman–Crippen MR) is 110 cm³/mol. The summed E-state index contributed by atoms with van der Waals surface area (Å²) in [6.07, 6.45) is 4.05. The van der Waals surface area contributed by atoms with Crippen molar-refractivity contribution in [2.75, 3.05) is 0 Å². The molecule has 1 aliphatic heterocycles. The van der Waals surface area contributed by atoms with Crippen molar-refractivity contribution in [3.8, 4) is 5.75 Å². The van der Waals surface area contributed by atoms with Crippen LogP contribution < -0.4 is 15.9 Å². The number of amidine groups is 1. The van der Waals surface area contributed by atoms with Crippen LogP contribution in [0.3, 0.4) is 0 Å². The zero-order valence-corrected chi connectivity index (χ0v) is 16.4. The van der Waals surface area contributed by atoms with Crippen LogP contribution in [0, 0.1) is 23.5 Å². The van der Waals surface area contributed by atoms with Crippen LogP contribution in [0.15, 0.2) is 42.6 Å². The Morgan fingerprint density at radius 3 is 3.00 bits per heavy atom. The Morgan fingerprint density at radius 2 is 2.27 bits per heavy atom. The first kappa shape index (κ1) is 20.2. The predicted octanol–water partition coefficient (Wildman–Crippen LogP) is 2.34. The summed E-state index contributed by atoms with van der Waals surface area (Å²) in [6, 6.07) is 12.3. The molecule has 150 valence electrons. The van der Waals surface area contributed by atoms with E-state index in [2.05, 4.69) is 17.2 Å². The monoisotopic (exact) mass is 423 g/mol. The van der Waals surface area contributed by atoms with E-state index < -0.39 is 19.0 Å². The van der Waals surface area contributed by atoms with Gasteiger partial charge in [-0.25, -0.2) is 9.37 Å². The standard InChI is InChI=1S/C21H16BClFN3O3/c23-17-6-14-8-19(30-22(28)16(14)9-18(17)24)13-3-4-15(21(25)26)20(7-13)29-11-12-2-1-5-27-10-12/h2-4,6-7,9-10,19,28H,8,11H2,(H3,25,26). The van der Waals surface area contributed by atoms with E-state index in [0.717, 1.165) is 5.56 Å². The van der Waals surface area contributed by atoms with E-state index in [1.54, 1.807) is 30.5 Å². The maximum Gasteiger partial charge on any atom is 0.492 e. The molecule has 1 aromatic heterocycles. The summed E-state index contributed by atoms with van der Waals surface area (Å²) in [4.78, 5) is 3.88. The molecule has 0 amide bonds. The van der Waals surface area contributed by atoms with Crippen LogP contribution in [-0.2, 0) is 17.7 Å². The Labute approximate surface area is 178 Å². The fraction of sp³-hybridized carbons (Fsp3) is 0.143. The van der Waals surface area contributed by atoms with Gasteiger partial charge in [0.05, 0.1) is 16.7 Å². The highest BCUT2D eigenvalue weighted by atomic mass is 35.5. The molecule has 9 heteroatoms. The van der Waals surface area contributed by atoms with Gasteiger partial charge < -0.3 is 20.1 Å². The summed E-state index contributed by atoms with van der Waals surface area (Å²) >= 11 is 5.90. The van der Waals surface area contributed by atoms with Gasteiger partial charge in [-0.2, -0.15) is 0 Å². The number of hydrogen-bond acceptors (Lipinski definition) is 5. The highest BCUT2D eigenvalue weighted by Crippen LogP contribution is 2.32. The number of rotatable bonds is 5. The van der Waals surface area contributed by atoms with Crippen molar-refractivity contribution in [3.63, 3.8) is 0 Å². The minimum atomic E-state index is -1.29. The number of nitrogen functional groups attached to an aromatic ring is 1. The van der Waals surface area contributed by atoms with Gasteiger partial charge in [0.1, 0.15) is 24.0 Å². The van der Waals surface area contributed by atoms with Gasteiger partial charge in [0.15, 0.2) is 0 Å². The molecule has 1 aliphatic rings. The van der Waals surface area contributed by atoms with Crippen LogP contribution in [0.4, 0.5) is 4.39 Å². The summed E-state index contributed by atoms with van der Waals surface area (Å²) < 4.78 is 25.3. The molecular weight excluding hydrogens is 408 g/mol. The molecule has 0 fully saturated rings. The lowest BCUT2D eigenvalue weighted by atomic mass is 9.71. The highest BCUT2D eigenvalue weighted by molar-refractivity contribution is 6.61. The van der Waals surface area contributed by atoms with E-state index in [9.17, 15) is 9.41 Å². The Kier molecular flexibility index (Phi) is 5.60. The van der Waals surface area contributed by atoms with E-state index >= 15 is 0 Å². The van der Waals surface area contributed by atoms with Crippen LogP contribution >= 0.6 is 11.6 Å². The van der Waals surface area contributed by atoms with Crippen molar-refractivity contribution < 1.29 is 18.8 Å². The first-order valence-electron chi connectivity index (χ1n) is 9.07. The third-order valence-corrected chi connectivity index (χ3v) is 5.12. The fourth-order valence-electron chi connectivity index (χ4n) is 3.32. The minimum absolute atomic E-state index is 0.0110. The number of hydrogen-bond donors (Lipinski definition) is 3. The van der Waals surface area contributed by atoms with E-state index in [1.807, 2.05) is 0 Å². The molecule has 0 saturated heterocycles. The van der Waals surface area contributed by atoms with Gasteiger partial charge in [0.2, 0.25) is 0 Å². The molecule has 1 atom stereocenters. The second-order valence-corrected chi connectivity index (χ2v) is 7.25. The first-order chi connectivity index (χ1) is 14.4.